The average molecular weight is 414 g/mol. The van der Waals surface area contributed by atoms with Gasteiger partial charge in [0.2, 0.25) is 0 Å². The molecule has 2 aromatic carbocycles. The molecule has 9 heteroatoms. The number of rotatable bonds is 6. The minimum absolute atomic E-state index is 0.271. The number of hydrogen-bond acceptors (Lipinski definition) is 3. The second-order valence-corrected chi connectivity index (χ2v) is 6.63. The van der Waals surface area contributed by atoms with Crippen molar-refractivity contribution in [2.75, 3.05) is 33.5 Å². The van der Waals surface area contributed by atoms with E-state index in [1.54, 1.807) is 64.1 Å². The molecule has 0 saturated carbocycles. The maximum atomic E-state index is 12.6. The predicted octanol–water partition coefficient (Wildman–Crippen LogP) is 4.96. The number of nitrogens with zero attached hydrogens (tertiary/aromatic N) is 2. The molecule has 9 nitrogen and oxygen atoms in total. The molecule has 0 spiro atoms. The molecule has 0 saturated heterocycles. The number of aryl methyl sites for hydroxylation is 2. The second kappa shape index (κ2) is 9.64. The van der Waals surface area contributed by atoms with Crippen LogP contribution in [0.4, 0.5) is 37.1 Å². The lowest BCUT2D eigenvalue weighted by Crippen LogP contribution is -2.29. The highest BCUT2D eigenvalue weighted by atomic mass is 16.4. The molecule has 0 radical (unpaired) electrons. The van der Waals surface area contributed by atoms with Gasteiger partial charge in [0, 0.05) is 35.8 Å². The summed E-state index contributed by atoms with van der Waals surface area (Å²) in [6.45, 7) is 7.59. The number of carbonyl (C=O) groups is 3. The third-order valence-corrected chi connectivity index (χ3v) is 4.66. The fourth-order valence-electron chi connectivity index (χ4n) is 2.96. The Hall–Kier alpha value is -3.75. The highest BCUT2D eigenvalue weighted by Crippen LogP contribution is 2.26. The van der Waals surface area contributed by atoms with Crippen molar-refractivity contribution in [3.63, 3.8) is 0 Å². The molecule has 4 N–H and O–H groups in total. The van der Waals surface area contributed by atoms with Gasteiger partial charge in [0.1, 0.15) is 0 Å². The number of anilines is 4. The summed E-state index contributed by atoms with van der Waals surface area (Å²) >= 11 is 0. The van der Waals surface area contributed by atoms with Crippen LogP contribution in [-0.4, -0.2) is 41.5 Å². The molecule has 0 aliphatic rings. The van der Waals surface area contributed by atoms with Crippen LogP contribution in [0.1, 0.15) is 25.0 Å². The lowest BCUT2D eigenvalue weighted by molar-refractivity contribution is 0.201. The third-order valence-electron chi connectivity index (χ3n) is 4.66. The Morgan fingerprint density at radius 1 is 0.767 bits per heavy atom. The summed E-state index contributed by atoms with van der Waals surface area (Å²) in [5.74, 6) is 0. The molecule has 0 fully saturated rings. The lowest BCUT2D eigenvalue weighted by atomic mass is 10.1. The van der Waals surface area contributed by atoms with Crippen LogP contribution in [0.3, 0.4) is 0 Å². The zero-order valence-corrected chi connectivity index (χ0v) is 17.4. The first-order valence-electron chi connectivity index (χ1n) is 9.48. The van der Waals surface area contributed by atoms with Crippen LogP contribution in [-0.2, 0) is 0 Å². The molecule has 2 aromatic rings. The van der Waals surface area contributed by atoms with E-state index >= 15 is 0 Å². The Balaban J connectivity index is 2.24. The average Bonchev–Trinajstić information content (AvgIpc) is 2.67. The second-order valence-electron chi connectivity index (χ2n) is 6.63. The van der Waals surface area contributed by atoms with Gasteiger partial charge < -0.3 is 20.8 Å². The fourth-order valence-corrected chi connectivity index (χ4v) is 2.96. The number of benzene rings is 2. The van der Waals surface area contributed by atoms with Crippen molar-refractivity contribution >= 4 is 41.0 Å². The highest BCUT2D eigenvalue weighted by Gasteiger charge is 2.16. The van der Waals surface area contributed by atoms with Crippen LogP contribution < -0.4 is 20.4 Å². The third kappa shape index (κ3) is 5.19. The SMILES string of the molecule is CCN(C(=O)O)c1ccc(C)c(NC(=O)Nc2cc(N(CC)C(=O)O)ccc2C)c1. The fraction of sp³-hybridized carbons (Fsp3) is 0.286. The van der Waals surface area contributed by atoms with Gasteiger partial charge in [-0.15, -0.1) is 0 Å². The number of amides is 4. The van der Waals surface area contributed by atoms with Gasteiger partial charge in [-0.1, -0.05) is 12.1 Å². The van der Waals surface area contributed by atoms with Gasteiger partial charge >= 0.3 is 18.2 Å². The maximum absolute atomic E-state index is 12.6. The topological polar surface area (TPSA) is 122 Å². The van der Waals surface area contributed by atoms with E-state index in [0.717, 1.165) is 11.1 Å². The van der Waals surface area contributed by atoms with E-state index in [4.69, 9.17) is 0 Å². The number of carboxylic acid groups (broad SMARTS) is 2. The molecule has 0 aromatic heterocycles. The largest absolute Gasteiger partial charge is 0.465 e. The van der Waals surface area contributed by atoms with Crippen LogP contribution in [0.15, 0.2) is 36.4 Å². The Kier molecular flexibility index (Phi) is 7.24. The molecule has 0 aliphatic heterocycles. The molecule has 0 heterocycles. The normalized spacial score (nSPS) is 10.3. The molecule has 160 valence electrons. The Morgan fingerprint density at radius 3 is 1.43 bits per heavy atom. The molecule has 0 unspecified atom stereocenters. The summed E-state index contributed by atoms with van der Waals surface area (Å²) in [6.07, 6.45) is -2.16. The Labute approximate surface area is 174 Å². The molecule has 0 atom stereocenters. The molecule has 4 amide bonds. The molecular weight excluding hydrogens is 388 g/mol. The van der Waals surface area contributed by atoms with Crippen LogP contribution in [0, 0.1) is 13.8 Å². The number of nitrogens with one attached hydrogen (secondary N) is 2. The van der Waals surface area contributed by atoms with Gasteiger partial charge in [0.05, 0.1) is 0 Å². The van der Waals surface area contributed by atoms with Gasteiger partial charge in [-0.2, -0.15) is 0 Å². The van der Waals surface area contributed by atoms with E-state index in [2.05, 4.69) is 10.6 Å². The monoisotopic (exact) mass is 414 g/mol. The first-order chi connectivity index (χ1) is 14.2. The van der Waals surface area contributed by atoms with Crippen molar-refractivity contribution in [2.24, 2.45) is 0 Å². The van der Waals surface area contributed by atoms with Crippen molar-refractivity contribution in [1.29, 1.82) is 0 Å². The van der Waals surface area contributed by atoms with Gasteiger partial charge in [0.15, 0.2) is 0 Å². The maximum Gasteiger partial charge on any atom is 0.411 e. The van der Waals surface area contributed by atoms with Crippen LogP contribution in [0.2, 0.25) is 0 Å². The van der Waals surface area contributed by atoms with Crippen molar-refractivity contribution in [1.82, 2.24) is 0 Å². The Bertz CT molecular complexity index is 885. The van der Waals surface area contributed by atoms with Crippen molar-refractivity contribution in [3.05, 3.63) is 47.5 Å². The standard InChI is InChI=1S/C21H26N4O5/c1-5-24(20(27)28)15-9-7-13(3)17(11-15)22-19(26)23-18-12-16(10-8-14(18)4)25(6-2)21(29)30/h7-12H,5-6H2,1-4H3,(H,27,28)(H,29,30)(H2,22,23,26). The summed E-state index contributed by atoms with van der Waals surface area (Å²) < 4.78 is 0. The van der Waals surface area contributed by atoms with E-state index in [-0.39, 0.29) is 13.1 Å². The summed E-state index contributed by atoms with van der Waals surface area (Å²) in [5, 5.41) is 24.1. The molecule has 0 bridgehead atoms. The number of urea groups is 1. The van der Waals surface area contributed by atoms with Gasteiger partial charge in [-0.3, -0.25) is 9.80 Å². The van der Waals surface area contributed by atoms with Crippen molar-refractivity contribution in [3.8, 4) is 0 Å². The first-order valence-corrected chi connectivity index (χ1v) is 9.48. The van der Waals surface area contributed by atoms with Crippen molar-refractivity contribution in [2.45, 2.75) is 27.7 Å². The highest BCUT2D eigenvalue weighted by molar-refractivity contribution is 6.02. The minimum Gasteiger partial charge on any atom is -0.465 e. The Morgan fingerprint density at radius 2 is 1.13 bits per heavy atom. The quantitative estimate of drug-likeness (QED) is 0.532. The van der Waals surface area contributed by atoms with Gasteiger partial charge in [0.25, 0.3) is 0 Å². The van der Waals surface area contributed by atoms with Gasteiger partial charge in [-0.05, 0) is 63.1 Å². The molecular formula is C21H26N4O5. The van der Waals surface area contributed by atoms with E-state index in [9.17, 15) is 24.6 Å². The number of hydrogen-bond donors (Lipinski definition) is 4. The van der Waals surface area contributed by atoms with Crippen LogP contribution in [0.25, 0.3) is 0 Å². The van der Waals surface area contributed by atoms with Crippen LogP contribution in [0.5, 0.6) is 0 Å². The summed E-state index contributed by atoms with van der Waals surface area (Å²) in [7, 11) is 0. The predicted molar refractivity (Wildman–Crippen MR) is 117 cm³/mol. The van der Waals surface area contributed by atoms with Crippen molar-refractivity contribution < 1.29 is 24.6 Å². The summed E-state index contributed by atoms with van der Waals surface area (Å²) in [4.78, 5) is 37.6. The molecule has 2 rings (SSSR count). The lowest BCUT2D eigenvalue weighted by Gasteiger charge is -2.20. The minimum atomic E-state index is -1.08. The number of carbonyl (C=O) groups excluding carboxylic acids is 1. The molecule has 0 aliphatic carbocycles. The first kappa shape index (κ1) is 22.5. The molecule has 30 heavy (non-hydrogen) atoms. The van der Waals surface area contributed by atoms with E-state index in [0.29, 0.717) is 22.7 Å². The summed E-state index contributed by atoms with van der Waals surface area (Å²) in [5.41, 5.74) is 3.37. The van der Waals surface area contributed by atoms with Gasteiger partial charge in [-0.25, -0.2) is 14.4 Å². The van der Waals surface area contributed by atoms with Crippen LogP contribution >= 0.6 is 0 Å². The van der Waals surface area contributed by atoms with E-state index in [1.807, 2.05) is 0 Å². The zero-order chi connectivity index (χ0) is 22.4. The smallest absolute Gasteiger partial charge is 0.411 e. The summed E-state index contributed by atoms with van der Waals surface area (Å²) in [6, 6.07) is 9.48. The van der Waals surface area contributed by atoms with E-state index in [1.165, 1.54) is 9.80 Å². The zero-order valence-electron chi connectivity index (χ0n) is 17.4. The van der Waals surface area contributed by atoms with E-state index < -0.39 is 18.2 Å².